The number of anilines is 1. The standard InChI is InChI=1S/C18H17ClN4O4/c19-11-4-5-12(17(25)23-6-2-1-3-7-23)13(8-11)22-16(24)14-9-21-15(10-20-14)18(26)27/h4-5,8-10H,1-3,6-7H2,(H,22,24)(H,26,27). The van der Waals surface area contributed by atoms with Crippen LogP contribution < -0.4 is 5.32 Å². The van der Waals surface area contributed by atoms with Gasteiger partial charge in [0.2, 0.25) is 0 Å². The molecule has 0 atom stereocenters. The van der Waals surface area contributed by atoms with Crippen LogP contribution >= 0.6 is 11.6 Å². The molecule has 8 nitrogen and oxygen atoms in total. The minimum Gasteiger partial charge on any atom is -0.476 e. The average molecular weight is 389 g/mol. The molecule has 1 fully saturated rings. The maximum Gasteiger partial charge on any atom is 0.356 e. The Bertz CT molecular complexity index is 879. The number of carboxylic acids is 1. The largest absolute Gasteiger partial charge is 0.476 e. The highest BCUT2D eigenvalue weighted by atomic mass is 35.5. The summed E-state index contributed by atoms with van der Waals surface area (Å²) >= 11 is 6.02. The number of aromatic carboxylic acids is 1. The Morgan fingerprint density at radius 2 is 1.70 bits per heavy atom. The van der Waals surface area contributed by atoms with Crippen LogP contribution in [0, 0.1) is 0 Å². The number of carboxylic acid groups (broad SMARTS) is 1. The van der Waals surface area contributed by atoms with Gasteiger partial charge in [0, 0.05) is 18.1 Å². The van der Waals surface area contributed by atoms with E-state index in [4.69, 9.17) is 16.7 Å². The molecular formula is C18H17ClN4O4. The van der Waals surface area contributed by atoms with Gasteiger partial charge in [-0.3, -0.25) is 9.59 Å². The Labute approximate surface area is 160 Å². The van der Waals surface area contributed by atoms with E-state index in [1.807, 2.05) is 0 Å². The normalized spacial score (nSPS) is 13.9. The number of nitrogens with zero attached hydrogens (tertiary/aromatic N) is 3. The highest BCUT2D eigenvalue weighted by molar-refractivity contribution is 6.31. The number of carbonyl (C=O) groups is 3. The first-order valence-corrected chi connectivity index (χ1v) is 8.79. The lowest BCUT2D eigenvalue weighted by Gasteiger charge is -2.27. The Kier molecular flexibility index (Phi) is 5.66. The van der Waals surface area contributed by atoms with Gasteiger partial charge in [-0.1, -0.05) is 11.6 Å². The van der Waals surface area contributed by atoms with Gasteiger partial charge >= 0.3 is 5.97 Å². The lowest BCUT2D eigenvalue weighted by atomic mass is 10.1. The van der Waals surface area contributed by atoms with Gasteiger partial charge in [-0.15, -0.1) is 0 Å². The van der Waals surface area contributed by atoms with Crippen LogP contribution in [0.1, 0.15) is 50.6 Å². The lowest BCUT2D eigenvalue weighted by Crippen LogP contribution is -2.36. The van der Waals surface area contributed by atoms with Crippen molar-refractivity contribution in [3.63, 3.8) is 0 Å². The van der Waals surface area contributed by atoms with Gasteiger partial charge < -0.3 is 15.3 Å². The lowest BCUT2D eigenvalue weighted by molar-refractivity contribution is 0.0687. The zero-order valence-corrected chi connectivity index (χ0v) is 15.1. The van der Waals surface area contributed by atoms with Gasteiger partial charge in [0.15, 0.2) is 5.69 Å². The third-order valence-electron chi connectivity index (χ3n) is 4.21. The van der Waals surface area contributed by atoms with E-state index in [0.29, 0.717) is 23.7 Å². The molecule has 1 aromatic heterocycles. The maximum absolute atomic E-state index is 12.8. The molecule has 0 spiro atoms. The quantitative estimate of drug-likeness (QED) is 0.832. The van der Waals surface area contributed by atoms with Crippen LogP contribution in [0.2, 0.25) is 5.02 Å². The molecule has 2 aromatic rings. The van der Waals surface area contributed by atoms with Gasteiger partial charge in [0.25, 0.3) is 11.8 Å². The highest BCUT2D eigenvalue weighted by Gasteiger charge is 2.22. The third-order valence-corrected chi connectivity index (χ3v) is 4.44. The van der Waals surface area contributed by atoms with Crippen LogP contribution in [0.5, 0.6) is 0 Å². The Balaban J connectivity index is 1.83. The van der Waals surface area contributed by atoms with Crippen LogP contribution in [0.3, 0.4) is 0 Å². The van der Waals surface area contributed by atoms with Crippen LogP contribution in [-0.4, -0.2) is 50.8 Å². The van der Waals surface area contributed by atoms with Crippen molar-refractivity contribution in [2.45, 2.75) is 19.3 Å². The Morgan fingerprint density at radius 1 is 1.04 bits per heavy atom. The molecule has 140 valence electrons. The number of benzene rings is 1. The summed E-state index contributed by atoms with van der Waals surface area (Å²) in [6.45, 7) is 1.36. The second-order valence-corrected chi connectivity index (χ2v) is 6.53. The van der Waals surface area contributed by atoms with Crippen LogP contribution in [0.4, 0.5) is 5.69 Å². The summed E-state index contributed by atoms with van der Waals surface area (Å²) in [6.07, 6.45) is 5.06. The molecule has 1 aliphatic heterocycles. The minimum atomic E-state index is -1.24. The summed E-state index contributed by atoms with van der Waals surface area (Å²) in [4.78, 5) is 45.3. The van der Waals surface area contributed by atoms with Crippen molar-refractivity contribution in [2.24, 2.45) is 0 Å². The topological polar surface area (TPSA) is 112 Å². The van der Waals surface area contributed by atoms with Gasteiger partial charge in [0.1, 0.15) is 5.69 Å². The number of hydrogen-bond donors (Lipinski definition) is 2. The first-order chi connectivity index (χ1) is 13.0. The van der Waals surface area contributed by atoms with Gasteiger partial charge in [-0.25, -0.2) is 14.8 Å². The zero-order valence-electron chi connectivity index (χ0n) is 14.3. The number of carbonyl (C=O) groups excluding carboxylic acids is 2. The molecule has 27 heavy (non-hydrogen) atoms. The number of nitrogens with one attached hydrogen (secondary N) is 1. The zero-order chi connectivity index (χ0) is 19.4. The monoisotopic (exact) mass is 388 g/mol. The molecule has 3 rings (SSSR count). The van der Waals surface area contributed by atoms with Crippen molar-refractivity contribution in [3.05, 3.63) is 52.6 Å². The van der Waals surface area contributed by atoms with Gasteiger partial charge in [-0.05, 0) is 37.5 Å². The van der Waals surface area contributed by atoms with Crippen molar-refractivity contribution >= 4 is 35.1 Å². The summed E-state index contributed by atoms with van der Waals surface area (Å²) in [5, 5.41) is 11.8. The molecule has 0 aliphatic carbocycles. The summed E-state index contributed by atoms with van der Waals surface area (Å²) in [6, 6.07) is 4.67. The summed E-state index contributed by atoms with van der Waals surface area (Å²) in [7, 11) is 0. The molecule has 0 radical (unpaired) electrons. The number of halogens is 1. The molecule has 2 N–H and O–H groups in total. The molecule has 9 heteroatoms. The fraction of sp³-hybridized carbons (Fsp3) is 0.278. The molecule has 2 heterocycles. The smallest absolute Gasteiger partial charge is 0.356 e. The number of hydrogen-bond acceptors (Lipinski definition) is 5. The second-order valence-electron chi connectivity index (χ2n) is 6.09. The molecule has 1 aliphatic rings. The summed E-state index contributed by atoms with van der Waals surface area (Å²) in [5.74, 6) is -2.03. The van der Waals surface area contributed by atoms with E-state index >= 15 is 0 Å². The third kappa shape index (κ3) is 4.40. The van der Waals surface area contributed by atoms with Gasteiger partial charge in [0.05, 0.1) is 23.6 Å². The number of aromatic nitrogens is 2. The van der Waals surface area contributed by atoms with E-state index < -0.39 is 11.9 Å². The Morgan fingerprint density at radius 3 is 2.33 bits per heavy atom. The Hall–Kier alpha value is -3.00. The SMILES string of the molecule is O=C(O)c1cnc(C(=O)Nc2cc(Cl)ccc2C(=O)N2CCCCC2)cn1. The highest BCUT2D eigenvalue weighted by Crippen LogP contribution is 2.24. The van der Waals surface area contributed by atoms with E-state index in [1.165, 1.54) is 6.07 Å². The molecular weight excluding hydrogens is 372 g/mol. The van der Waals surface area contributed by atoms with Crippen molar-refractivity contribution in [3.8, 4) is 0 Å². The summed E-state index contributed by atoms with van der Waals surface area (Å²) in [5.41, 5.74) is 0.267. The maximum atomic E-state index is 12.8. The molecule has 0 bridgehead atoms. The first-order valence-electron chi connectivity index (χ1n) is 8.41. The fourth-order valence-electron chi connectivity index (χ4n) is 2.82. The number of amides is 2. The van der Waals surface area contributed by atoms with Crippen molar-refractivity contribution in [1.29, 1.82) is 0 Å². The van der Waals surface area contributed by atoms with Crippen LogP contribution in [-0.2, 0) is 0 Å². The minimum absolute atomic E-state index is 0.0728. The van der Waals surface area contributed by atoms with E-state index in [1.54, 1.807) is 17.0 Å². The van der Waals surface area contributed by atoms with Crippen molar-refractivity contribution in [1.82, 2.24) is 14.9 Å². The van der Waals surface area contributed by atoms with E-state index in [9.17, 15) is 14.4 Å². The average Bonchev–Trinajstić information content (AvgIpc) is 2.68. The van der Waals surface area contributed by atoms with E-state index in [2.05, 4.69) is 15.3 Å². The van der Waals surface area contributed by atoms with Crippen LogP contribution in [0.25, 0.3) is 0 Å². The van der Waals surface area contributed by atoms with Crippen molar-refractivity contribution in [2.75, 3.05) is 18.4 Å². The summed E-state index contributed by atoms with van der Waals surface area (Å²) < 4.78 is 0. The fourth-order valence-corrected chi connectivity index (χ4v) is 2.99. The molecule has 0 unspecified atom stereocenters. The molecule has 0 saturated carbocycles. The number of piperidine rings is 1. The van der Waals surface area contributed by atoms with Crippen molar-refractivity contribution < 1.29 is 19.5 Å². The predicted molar refractivity (Wildman–Crippen MR) is 98.2 cm³/mol. The molecule has 2 amide bonds. The number of rotatable bonds is 4. The predicted octanol–water partition coefficient (Wildman–Crippen LogP) is 2.71. The molecule has 1 aromatic carbocycles. The second kappa shape index (κ2) is 8.13. The first kappa shape index (κ1) is 18.8. The van der Waals surface area contributed by atoms with E-state index in [-0.39, 0.29) is 23.0 Å². The molecule has 1 saturated heterocycles. The number of likely N-dealkylation sites (tertiary alicyclic amines) is 1. The van der Waals surface area contributed by atoms with Gasteiger partial charge in [-0.2, -0.15) is 0 Å². The van der Waals surface area contributed by atoms with Crippen LogP contribution in [0.15, 0.2) is 30.6 Å². The van der Waals surface area contributed by atoms with E-state index in [0.717, 1.165) is 31.7 Å².